The Kier molecular flexibility index (Phi) is 3.92. The molecule has 4 rings (SSSR count). The van der Waals surface area contributed by atoms with Gasteiger partial charge >= 0.3 is 11.9 Å². The number of nitrogens with one attached hydrogen (secondary N) is 1. The van der Waals surface area contributed by atoms with Gasteiger partial charge in [0, 0.05) is 10.8 Å². The number of benzene rings is 2. The zero-order valence-electron chi connectivity index (χ0n) is 12.4. The van der Waals surface area contributed by atoms with E-state index in [0.717, 1.165) is 16.5 Å². The minimum atomic E-state index is -0.190. The summed E-state index contributed by atoms with van der Waals surface area (Å²) in [4.78, 5) is 19.7. The summed E-state index contributed by atoms with van der Waals surface area (Å²) in [6, 6.07) is 15.1. The number of hydrogen-bond donors (Lipinski definition) is 1. The second-order valence-electron chi connectivity index (χ2n) is 5.19. The molecule has 0 aliphatic heterocycles. The van der Waals surface area contributed by atoms with Crippen molar-refractivity contribution < 1.29 is 4.52 Å². The molecule has 7 heteroatoms. The van der Waals surface area contributed by atoms with E-state index in [4.69, 9.17) is 11.6 Å². The SMILES string of the molecule is O=c1[nH]c(SCc2ccccc2Cl)n[n+]2cnc3ccccc3c12. The molecule has 0 aliphatic carbocycles. The maximum atomic E-state index is 12.5. The molecule has 118 valence electrons. The van der Waals surface area contributed by atoms with E-state index >= 15 is 0 Å². The van der Waals surface area contributed by atoms with Crippen molar-refractivity contribution in [3.8, 4) is 0 Å². The summed E-state index contributed by atoms with van der Waals surface area (Å²) < 4.78 is 1.52. The van der Waals surface area contributed by atoms with Crippen molar-refractivity contribution in [3.05, 3.63) is 75.8 Å². The van der Waals surface area contributed by atoms with Crippen molar-refractivity contribution in [3.63, 3.8) is 0 Å². The highest BCUT2D eigenvalue weighted by atomic mass is 35.5. The van der Waals surface area contributed by atoms with Crippen LogP contribution in [0.3, 0.4) is 0 Å². The molecule has 0 bridgehead atoms. The van der Waals surface area contributed by atoms with Gasteiger partial charge in [0.25, 0.3) is 0 Å². The number of thioether (sulfide) groups is 1. The smallest absolute Gasteiger partial charge is 0.295 e. The third-order valence-electron chi connectivity index (χ3n) is 3.65. The van der Waals surface area contributed by atoms with Crippen molar-refractivity contribution in [1.82, 2.24) is 15.1 Å². The van der Waals surface area contributed by atoms with Crippen LogP contribution in [0.5, 0.6) is 0 Å². The van der Waals surface area contributed by atoms with Crippen LogP contribution in [0.1, 0.15) is 5.56 Å². The zero-order chi connectivity index (χ0) is 16.5. The minimum absolute atomic E-state index is 0.190. The first-order valence-corrected chi connectivity index (χ1v) is 8.64. The average Bonchev–Trinajstić information content (AvgIpc) is 2.60. The molecule has 0 atom stereocenters. The number of fused-ring (bicyclic) bond motifs is 3. The van der Waals surface area contributed by atoms with Gasteiger partial charge in [-0.25, -0.2) is 0 Å². The lowest BCUT2D eigenvalue weighted by Gasteiger charge is -2.03. The van der Waals surface area contributed by atoms with Gasteiger partial charge in [0.05, 0.1) is 5.39 Å². The third kappa shape index (κ3) is 2.74. The Morgan fingerprint density at radius 2 is 1.92 bits per heavy atom. The van der Waals surface area contributed by atoms with E-state index in [9.17, 15) is 4.79 Å². The van der Waals surface area contributed by atoms with E-state index in [2.05, 4.69) is 15.1 Å². The predicted molar refractivity (Wildman–Crippen MR) is 94.3 cm³/mol. The van der Waals surface area contributed by atoms with Gasteiger partial charge < -0.3 is 0 Å². The molecule has 0 unspecified atom stereocenters. The highest BCUT2D eigenvalue weighted by molar-refractivity contribution is 7.98. The maximum absolute atomic E-state index is 12.5. The van der Waals surface area contributed by atoms with Crippen molar-refractivity contribution in [2.75, 3.05) is 0 Å². The molecule has 0 saturated carbocycles. The molecule has 1 N–H and O–H groups in total. The fourth-order valence-corrected chi connectivity index (χ4v) is 3.63. The van der Waals surface area contributed by atoms with Gasteiger partial charge in [-0.15, -0.1) is 0 Å². The molecular weight excluding hydrogens is 344 g/mol. The standard InChI is InChI=1S/C17H11ClN4OS/c18-13-7-3-1-5-11(13)9-24-17-20-16(23)15-12-6-2-4-8-14(12)19-10-22(15)21-17/h1-8,10H,9H2/p+1. The summed E-state index contributed by atoms with van der Waals surface area (Å²) in [5.41, 5.74) is 2.06. The number of hydrogen-bond acceptors (Lipinski definition) is 4. The Bertz CT molecular complexity index is 1110. The van der Waals surface area contributed by atoms with Crippen LogP contribution in [-0.4, -0.2) is 15.1 Å². The number of aromatic nitrogens is 4. The van der Waals surface area contributed by atoms with Gasteiger partial charge in [-0.3, -0.25) is 9.78 Å². The maximum Gasteiger partial charge on any atom is 0.312 e. The Morgan fingerprint density at radius 1 is 1.12 bits per heavy atom. The van der Waals surface area contributed by atoms with E-state index in [0.29, 0.717) is 21.4 Å². The quantitative estimate of drug-likeness (QED) is 0.348. The van der Waals surface area contributed by atoms with Crippen LogP contribution in [0, 0.1) is 0 Å². The van der Waals surface area contributed by atoms with Crippen LogP contribution >= 0.6 is 23.4 Å². The summed E-state index contributed by atoms with van der Waals surface area (Å²) >= 11 is 7.58. The first-order chi connectivity index (χ1) is 11.7. The molecule has 0 saturated heterocycles. The topological polar surface area (TPSA) is 62.7 Å². The Balaban J connectivity index is 1.74. The second-order valence-corrected chi connectivity index (χ2v) is 6.57. The number of aromatic amines is 1. The van der Waals surface area contributed by atoms with Crippen LogP contribution in [0.2, 0.25) is 5.02 Å². The zero-order valence-corrected chi connectivity index (χ0v) is 14.0. The summed E-state index contributed by atoms with van der Waals surface area (Å²) in [7, 11) is 0. The molecule has 0 aliphatic rings. The van der Waals surface area contributed by atoms with E-state index in [1.54, 1.807) is 6.33 Å². The van der Waals surface area contributed by atoms with Crippen LogP contribution in [0.4, 0.5) is 0 Å². The number of H-pyrrole nitrogens is 1. The van der Waals surface area contributed by atoms with E-state index in [-0.39, 0.29) is 5.56 Å². The van der Waals surface area contributed by atoms with Gasteiger partial charge in [-0.1, -0.05) is 63.3 Å². The highest BCUT2D eigenvalue weighted by Crippen LogP contribution is 2.23. The molecule has 0 spiro atoms. The van der Waals surface area contributed by atoms with Crippen LogP contribution < -0.4 is 10.1 Å². The molecule has 0 radical (unpaired) electrons. The fourth-order valence-electron chi connectivity index (χ4n) is 2.49. The molecule has 2 heterocycles. The lowest BCUT2D eigenvalue weighted by molar-refractivity contribution is -0.589. The lowest BCUT2D eigenvalue weighted by atomic mass is 10.2. The predicted octanol–water partition coefficient (Wildman–Crippen LogP) is 3.00. The molecule has 0 amide bonds. The van der Waals surface area contributed by atoms with Crippen LogP contribution in [0.25, 0.3) is 16.4 Å². The molecule has 2 aromatic heterocycles. The summed E-state index contributed by atoms with van der Waals surface area (Å²) in [6.07, 6.45) is 1.56. The van der Waals surface area contributed by atoms with Gasteiger partial charge in [0.1, 0.15) is 0 Å². The van der Waals surface area contributed by atoms with Crippen molar-refractivity contribution in [2.45, 2.75) is 10.9 Å². The van der Waals surface area contributed by atoms with Crippen molar-refractivity contribution in [2.24, 2.45) is 0 Å². The van der Waals surface area contributed by atoms with E-state index in [1.807, 2.05) is 48.5 Å². The third-order valence-corrected chi connectivity index (χ3v) is 4.93. The van der Waals surface area contributed by atoms with Crippen LogP contribution in [-0.2, 0) is 5.75 Å². The number of nitrogens with zero attached hydrogens (tertiary/aromatic N) is 3. The Morgan fingerprint density at radius 3 is 2.79 bits per heavy atom. The minimum Gasteiger partial charge on any atom is -0.295 e. The highest BCUT2D eigenvalue weighted by Gasteiger charge is 2.15. The monoisotopic (exact) mass is 355 g/mol. The molecule has 0 fully saturated rings. The number of para-hydroxylation sites is 1. The first kappa shape index (κ1) is 15.1. The Labute approximate surface area is 146 Å². The van der Waals surface area contributed by atoms with Crippen molar-refractivity contribution >= 4 is 39.8 Å². The first-order valence-electron chi connectivity index (χ1n) is 7.28. The molecule has 5 nitrogen and oxygen atoms in total. The van der Waals surface area contributed by atoms with Crippen molar-refractivity contribution in [1.29, 1.82) is 0 Å². The average molecular weight is 356 g/mol. The summed E-state index contributed by atoms with van der Waals surface area (Å²) in [6.45, 7) is 0. The van der Waals surface area contributed by atoms with Gasteiger partial charge in [0.15, 0.2) is 5.52 Å². The number of halogens is 1. The molecule has 4 aromatic rings. The Hall–Kier alpha value is -2.44. The summed E-state index contributed by atoms with van der Waals surface area (Å²) in [5.74, 6) is 0.621. The summed E-state index contributed by atoms with van der Waals surface area (Å²) in [5, 5.41) is 6.45. The fraction of sp³-hybridized carbons (Fsp3) is 0.0588. The largest absolute Gasteiger partial charge is 0.312 e. The lowest BCUT2D eigenvalue weighted by Crippen LogP contribution is -2.35. The van der Waals surface area contributed by atoms with E-state index < -0.39 is 0 Å². The molecule has 2 aromatic carbocycles. The molecular formula is C17H12ClN4OS+. The van der Waals surface area contributed by atoms with E-state index in [1.165, 1.54) is 16.3 Å². The number of rotatable bonds is 3. The normalized spacial score (nSPS) is 11.2. The van der Waals surface area contributed by atoms with Gasteiger partial charge in [-0.05, 0) is 28.7 Å². The van der Waals surface area contributed by atoms with Gasteiger partial charge in [0.2, 0.25) is 10.7 Å². The molecule has 24 heavy (non-hydrogen) atoms. The van der Waals surface area contributed by atoms with Gasteiger partial charge in [-0.2, -0.15) is 0 Å². The van der Waals surface area contributed by atoms with Crippen LogP contribution in [0.15, 0.2) is 64.8 Å². The second kappa shape index (κ2) is 6.22.